The van der Waals surface area contributed by atoms with E-state index in [-0.39, 0.29) is 11.8 Å². The Kier molecular flexibility index (Phi) is 5.03. The Morgan fingerprint density at radius 3 is 2.76 bits per heavy atom. The first-order chi connectivity index (χ1) is 12.2. The van der Waals surface area contributed by atoms with E-state index in [1.165, 1.54) is 10.7 Å². The molecular weight excluding hydrogens is 342 g/mol. The van der Waals surface area contributed by atoms with Gasteiger partial charge in [-0.25, -0.2) is 4.98 Å². The average molecular weight is 358 g/mol. The zero-order valence-electron chi connectivity index (χ0n) is 13.6. The Labute approximate surface area is 149 Å². The third-order valence-corrected chi connectivity index (χ3v) is 3.96. The molecular formula is C17H16ClN5O2. The van der Waals surface area contributed by atoms with Crippen LogP contribution in [0.2, 0.25) is 5.15 Å². The van der Waals surface area contributed by atoms with Crippen molar-refractivity contribution < 1.29 is 9.84 Å². The third kappa shape index (κ3) is 3.50. The van der Waals surface area contributed by atoms with E-state index in [0.717, 1.165) is 11.3 Å². The van der Waals surface area contributed by atoms with Gasteiger partial charge in [0, 0.05) is 19.2 Å². The second kappa shape index (κ2) is 7.38. The number of hydrogen-bond acceptors (Lipinski definition) is 6. The Morgan fingerprint density at radius 1 is 1.36 bits per heavy atom. The molecule has 0 aliphatic heterocycles. The summed E-state index contributed by atoms with van der Waals surface area (Å²) in [5, 5.41) is 23.0. The first kappa shape index (κ1) is 17.0. The summed E-state index contributed by atoms with van der Waals surface area (Å²) >= 11 is 6.12. The van der Waals surface area contributed by atoms with Crippen molar-refractivity contribution in [2.75, 3.05) is 25.2 Å². The van der Waals surface area contributed by atoms with Gasteiger partial charge >= 0.3 is 0 Å². The van der Waals surface area contributed by atoms with Crippen LogP contribution in [0.1, 0.15) is 11.3 Å². The van der Waals surface area contributed by atoms with E-state index in [2.05, 4.69) is 10.1 Å². The van der Waals surface area contributed by atoms with Crippen LogP contribution in [0.3, 0.4) is 0 Å². The molecule has 2 aromatic heterocycles. The highest BCUT2D eigenvalue weighted by atomic mass is 35.5. The van der Waals surface area contributed by atoms with Crippen LogP contribution in [0.4, 0.5) is 5.69 Å². The van der Waals surface area contributed by atoms with Gasteiger partial charge in [0.15, 0.2) is 16.5 Å². The Hall–Kier alpha value is -2.82. The summed E-state index contributed by atoms with van der Waals surface area (Å²) in [5.41, 5.74) is 2.55. The molecule has 0 bridgehead atoms. The van der Waals surface area contributed by atoms with Gasteiger partial charge in [0.2, 0.25) is 0 Å². The van der Waals surface area contributed by atoms with Crippen LogP contribution in [0.15, 0.2) is 36.5 Å². The van der Waals surface area contributed by atoms with Gasteiger partial charge in [0.1, 0.15) is 11.8 Å². The SMILES string of the molecule is COc1ccc(CN(CCO)c2cc(Cl)nn3c(C#N)cnc23)cc1. The molecule has 128 valence electrons. The molecule has 0 aliphatic rings. The van der Waals surface area contributed by atoms with E-state index in [1.807, 2.05) is 35.2 Å². The van der Waals surface area contributed by atoms with E-state index in [0.29, 0.717) is 30.1 Å². The Morgan fingerprint density at radius 2 is 2.12 bits per heavy atom. The van der Waals surface area contributed by atoms with E-state index in [4.69, 9.17) is 16.3 Å². The summed E-state index contributed by atoms with van der Waals surface area (Å²) in [6.07, 6.45) is 1.45. The molecule has 0 radical (unpaired) electrons. The zero-order chi connectivity index (χ0) is 17.8. The van der Waals surface area contributed by atoms with E-state index in [9.17, 15) is 10.4 Å². The maximum atomic E-state index is 9.46. The number of nitrogens with zero attached hydrogens (tertiary/aromatic N) is 5. The predicted octanol–water partition coefficient (Wildman–Crippen LogP) is 2.26. The van der Waals surface area contributed by atoms with Crippen LogP contribution in [-0.4, -0.2) is 40.0 Å². The van der Waals surface area contributed by atoms with Crippen LogP contribution < -0.4 is 9.64 Å². The lowest BCUT2D eigenvalue weighted by molar-refractivity contribution is 0.301. The van der Waals surface area contributed by atoms with Gasteiger partial charge in [0.05, 0.1) is 25.6 Å². The number of aliphatic hydroxyl groups excluding tert-OH is 1. The Bertz CT molecular complexity index is 917. The highest BCUT2D eigenvalue weighted by Crippen LogP contribution is 2.26. The first-order valence-electron chi connectivity index (χ1n) is 7.59. The molecule has 3 rings (SSSR count). The van der Waals surface area contributed by atoms with Crippen LogP contribution >= 0.6 is 11.6 Å². The van der Waals surface area contributed by atoms with Crippen molar-refractivity contribution in [1.82, 2.24) is 14.6 Å². The lowest BCUT2D eigenvalue weighted by Crippen LogP contribution is -2.27. The number of rotatable bonds is 6. The van der Waals surface area contributed by atoms with Gasteiger partial charge in [0.25, 0.3) is 0 Å². The van der Waals surface area contributed by atoms with Gasteiger partial charge in [-0.3, -0.25) is 0 Å². The minimum absolute atomic E-state index is 0.0337. The molecule has 7 nitrogen and oxygen atoms in total. The van der Waals surface area contributed by atoms with Gasteiger partial charge in [-0.1, -0.05) is 23.7 Å². The summed E-state index contributed by atoms with van der Waals surface area (Å²) in [7, 11) is 1.62. The van der Waals surface area contributed by atoms with Crippen molar-refractivity contribution in [3.8, 4) is 11.8 Å². The van der Waals surface area contributed by atoms with Crippen molar-refractivity contribution in [2.45, 2.75) is 6.54 Å². The third-order valence-electron chi connectivity index (χ3n) is 3.78. The molecule has 1 aromatic carbocycles. The molecule has 1 N–H and O–H groups in total. The number of aliphatic hydroxyl groups is 1. The topological polar surface area (TPSA) is 86.7 Å². The molecule has 3 aromatic rings. The van der Waals surface area contributed by atoms with Crippen molar-refractivity contribution in [3.05, 3.63) is 52.9 Å². The van der Waals surface area contributed by atoms with Gasteiger partial charge < -0.3 is 14.7 Å². The van der Waals surface area contributed by atoms with E-state index < -0.39 is 0 Å². The monoisotopic (exact) mass is 357 g/mol. The fourth-order valence-electron chi connectivity index (χ4n) is 2.59. The van der Waals surface area contributed by atoms with E-state index >= 15 is 0 Å². The van der Waals surface area contributed by atoms with Crippen molar-refractivity contribution in [2.24, 2.45) is 0 Å². The van der Waals surface area contributed by atoms with Crippen molar-refractivity contribution in [3.63, 3.8) is 0 Å². The molecule has 0 atom stereocenters. The molecule has 0 amide bonds. The standard InChI is InChI=1S/C17H16ClN5O2/c1-25-14-4-2-12(3-5-14)11-22(6-7-24)15-8-16(18)21-23-13(9-19)10-20-17(15)23/h2-5,8,10,24H,6-7,11H2,1H3. The first-order valence-corrected chi connectivity index (χ1v) is 7.97. The largest absolute Gasteiger partial charge is 0.497 e. The number of nitriles is 1. The molecule has 0 spiro atoms. The maximum Gasteiger partial charge on any atom is 0.178 e. The highest BCUT2D eigenvalue weighted by Gasteiger charge is 2.16. The van der Waals surface area contributed by atoms with Crippen molar-refractivity contribution in [1.29, 1.82) is 5.26 Å². The number of anilines is 1. The number of fused-ring (bicyclic) bond motifs is 1. The Balaban J connectivity index is 2.01. The fourth-order valence-corrected chi connectivity index (χ4v) is 2.77. The number of methoxy groups -OCH3 is 1. The molecule has 8 heteroatoms. The molecule has 0 unspecified atom stereocenters. The minimum Gasteiger partial charge on any atom is -0.497 e. The lowest BCUT2D eigenvalue weighted by atomic mass is 10.2. The second-order valence-electron chi connectivity index (χ2n) is 5.34. The normalized spacial score (nSPS) is 10.6. The summed E-state index contributed by atoms with van der Waals surface area (Å²) in [6, 6.07) is 11.4. The average Bonchev–Trinajstić information content (AvgIpc) is 3.04. The van der Waals surface area contributed by atoms with Crippen LogP contribution in [-0.2, 0) is 6.54 Å². The van der Waals surface area contributed by atoms with E-state index in [1.54, 1.807) is 13.2 Å². The zero-order valence-corrected chi connectivity index (χ0v) is 14.3. The molecule has 25 heavy (non-hydrogen) atoms. The number of benzene rings is 1. The van der Waals surface area contributed by atoms with Gasteiger partial charge in [-0.05, 0) is 17.7 Å². The summed E-state index contributed by atoms with van der Waals surface area (Å²) in [6.45, 7) is 0.889. The molecule has 0 saturated heterocycles. The molecule has 0 fully saturated rings. The number of aromatic nitrogens is 3. The molecule has 0 saturated carbocycles. The molecule has 2 heterocycles. The quantitative estimate of drug-likeness (QED) is 0.728. The lowest BCUT2D eigenvalue weighted by Gasteiger charge is -2.24. The van der Waals surface area contributed by atoms with Crippen molar-refractivity contribution >= 4 is 22.9 Å². The van der Waals surface area contributed by atoms with Gasteiger partial charge in [-0.2, -0.15) is 14.9 Å². The van der Waals surface area contributed by atoms with Crippen LogP contribution in [0, 0.1) is 11.3 Å². The molecule has 0 aliphatic carbocycles. The maximum absolute atomic E-state index is 9.46. The summed E-state index contributed by atoms with van der Waals surface area (Å²) in [5.74, 6) is 0.777. The van der Waals surface area contributed by atoms with Crippen LogP contribution in [0.5, 0.6) is 5.75 Å². The number of halogens is 1. The number of ether oxygens (including phenoxy) is 1. The summed E-state index contributed by atoms with van der Waals surface area (Å²) in [4.78, 5) is 6.22. The number of imidazole rings is 1. The predicted molar refractivity (Wildman–Crippen MR) is 93.8 cm³/mol. The fraction of sp³-hybridized carbons (Fsp3) is 0.235. The van der Waals surface area contributed by atoms with Gasteiger partial charge in [-0.15, -0.1) is 0 Å². The summed E-state index contributed by atoms with van der Waals surface area (Å²) < 4.78 is 6.58. The number of hydrogen-bond donors (Lipinski definition) is 1. The van der Waals surface area contributed by atoms with Crippen LogP contribution in [0.25, 0.3) is 5.65 Å². The smallest absolute Gasteiger partial charge is 0.178 e. The highest BCUT2D eigenvalue weighted by molar-refractivity contribution is 6.29. The second-order valence-corrected chi connectivity index (χ2v) is 5.72. The minimum atomic E-state index is -0.0337.